The molecule has 0 N–H and O–H groups in total. The first-order chi connectivity index (χ1) is 8.74. The molecule has 0 fully saturated rings. The van der Waals surface area contributed by atoms with Crippen LogP contribution in [0.3, 0.4) is 0 Å². The number of thiophene rings is 1. The molecule has 0 atom stereocenters. The summed E-state index contributed by atoms with van der Waals surface area (Å²) < 4.78 is 5.27. The molecule has 0 saturated heterocycles. The van der Waals surface area contributed by atoms with Crippen LogP contribution < -0.4 is 0 Å². The van der Waals surface area contributed by atoms with E-state index < -0.39 is 0 Å². The molecule has 0 saturated carbocycles. The van der Waals surface area contributed by atoms with Crippen LogP contribution in [0, 0.1) is 6.92 Å². The lowest BCUT2D eigenvalue weighted by molar-refractivity contribution is 0.574. The van der Waals surface area contributed by atoms with Gasteiger partial charge in [0.05, 0.1) is 16.8 Å². The van der Waals surface area contributed by atoms with Gasteiger partial charge in [0.15, 0.2) is 0 Å². The number of rotatable bonds is 2. The minimum atomic E-state index is 0.573. The Morgan fingerprint density at radius 1 is 1.22 bits per heavy atom. The van der Waals surface area contributed by atoms with Crippen molar-refractivity contribution in [2.75, 3.05) is 0 Å². The topological polar surface area (TPSA) is 38.9 Å². The van der Waals surface area contributed by atoms with Crippen molar-refractivity contribution in [1.29, 1.82) is 0 Å². The zero-order valence-corrected chi connectivity index (χ0v) is 11.1. The molecule has 0 bridgehead atoms. The van der Waals surface area contributed by atoms with Gasteiger partial charge in [-0.25, -0.2) is 4.98 Å². The summed E-state index contributed by atoms with van der Waals surface area (Å²) in [5.41, 5.74) is 1.88. The van der Waals surface area contributed by atoms with Crippen LogP contribution in [0.2, 0.25) is 5.02 Å². The molecule has 0 spiro atoms. The molecule has 0 aromatic carbocycles. The average molecular weight is 277 g/mol. The van der Waals surface area contributed by atoms with Gasteiger partial charge in [0.25, 0.3) is 0 Å². The molecule has 3 heterocycles. The Balaban J connectivity index is 2.06. The van der Waals surface area contributed by atoms with Crippen LogP contribution in [0.5, 0.6) is 0 Å². The monoisotopic (exact) mass is 276 g/mol. The zero-order valence-electron chi connectivity index (χ0n) is 9.55. The summed E-state index contributed by atoms with van der Waals surface area (Å²) in [6.45, 7) is 2.00. The number of hydrogen-bond donors (Lipinski definition) is 0. The van der Waals surface area contributed by atoms with E-state index in [2.05, 4.69) is 9.97 Å². The first-order valence-electron chi connectivity index (χ1n) is 5.35. The number of aryl methyl sites for hydroxylation is 1. The van der Waals surface area contributed by atoms with Crippen molar-refractivity contribution in [3.63, 3.8) is 0 Å². The van der Waals surface area contributed by atoms with Crippen LogP contribution in [0.25, 0.3) is 21.9 Å². The van der Waals surface area contributed by atoms with E-state index in [-0.39, 0.29) is 0 Å². The highest BCUT2D eigenvalue weighted by atomic mass is 35.5. The van der Waals surface area contributed by atoms with Crippen molar-refractivity contribution in [1.82, 2.24) is 9.97 Å². The first kappa shape index (κ1) is 11.4. The molecule has 0 radical (unpaired) electrons. The van der Waals surface area contributed by atoms with E-state index in [0.717, 1.165) is 25.9 Å². The van der Waals surface area contributed by atoms with Crippen LogP contribution in [0.15, 0.2) is 41.4 Å². The summed E-state index contributed by atoms with van der Waals surface area (Å²) in [5, 5.41) is 0.788. The third-order valence-corrected chi connectivity index (χ3v) is 4.16. The van der Waals surface area contributed by atoms with Gasteiger partial charge in [0.2, 0.25) is 5.89 Å². The predicted octanol–water partition coefficient (Wildman–Crippen LogP) is 4.43. The van der Waals surface area contributed by atoms with Crippen molar-refractivity contribution in [2.45, 2.75) is 6.92 Å². The Bertz CT molecular complexity index is 657. The van der Waals surface area contributed by atoms with Crippen molar-refractivity contribution in [2.24, 2.45) is 0 Å². The fourth-order valence-electron chi connectivity index (χ4n) is 1.66. The van der Waals surface area contributed by atoms with E-state index in [1.807, 2.05) is 25.3 Å². The molecule has 0 unspecified atom stereocenters. The summed E-state index contributed by atoms with van der Waals surface area (Å²) in [6, 6.07) is 3.96. The van der Waals surface area contributed by atoms with Crippen LogP contribution in [0.1, 0.15) is 4.88 Å². The van der Waals surface area contributed by atoms with Gasteiger partial charge >= 0.3 is 0 Å². The Morgan fingerprint density at radius 2 is 2.06 bits per heavy atom. The van der Waals surface area contributed by atoms with E-state index in [9.17, 15) is 0 Å². The van der Waals surface area contributed by atoms with Crippen LogP contribution >= 0.6 is 22.9 Å². The molecule has 0 aliphatic carbocycles. The number of oxazole rings is 1. The second-order valence-corrected chi connectivity index (χ2v) is 5.48. The predicted molar refractivity (Wildman–Crippen MR) is 72.8 cm³/mol. The maximum Gasteiger partial charge on any atom is 0.227 e. The second-order valence-electron chi connectivity index (χ2n) is 3.81. The quantitative estimate of drug-likeness (QED) is 0.695. The number of halogens is 1. The van der Waals surface area contributed by atoms with E-state index in [0.29, 0.717) is 5.89 Å². The van der Waals surface area contributed by atoms with Gasteiger partial charge in [-0.2, -0.15) is 0 Å². The van der Waals surface area contributed by atoms with E-state index in [1.54, 1.807) is 30.0 Å². The summed E-state index contributed by atoms with van der Waals surface area (Å²) in [5.74, 6) is 0.573. The Morgan fingerprint density at radius 3 is 2.72 bits per heavy atom. The van der Waals surface area contributed by atoms with Crippen molar-refractivity contribution in [3.8, 4) is 21.9 Å². The summed E-state index contributed by atoms with van der Waals surface area (Å²) in [7, 11) is 0. The van der Waals surface area contributed by atoms with Crippen LogP contribution in [-0.4, -0.2) is 9.97 Å². The molecular formula is C13H9ClN2OS. The Kier molecular flexibility index (Phi) is 2.89. The molecule has 3 nitrogen and oxygen atoms in total. The largest absolute Gasteiger partial charge is 0.444 e. The molecule has 0 aliphatic heterocycles. The molecule has 18 heavy (non-hydrogen) atoms. The van der Waals surface area contributed by atoms with Crippen molar-refractivity contribution >= 4 is 22.9 Å². The van der Waals surface area contributed by atoms with Gasteiger partial charge in [-0.1, -0.05) is 11.6 Å². The summed E-state index contributed by atoms with van der Waals surface area (Å²) in [6.07, 6.45) is 6.72. The Labute approximate surface area is 113 Å². The van der Waals surface area contributed by atoms with Gasteiger partial charge in [-0.05, 0) is 19.1 Å². The highest BCUT2D eigenvalue weighted by Gasteiger charge is 2.09. The second kappa shape index (κ2) is 4.55. The fourth-order valence-corrected chi connectivity index (χ4v) is 2.84. The van der Waals surface area contributed by atoms with Gasteiger partial charge in [0.1, 0.15) is 6.26 Å². The van der Waals surface area contributed by atoms with E-state index >= 15 is 0 Å². The first-order valence-corrected chi connectivity index (χ1v) is 6.55. The third-order valence-electron chi connectivity index (χ3n) is 2.56. The summed E-state index contributed by atoms with van der Waals surface area (Å²) in [4.78, 5) is 10.5. The third kappa shape index (κ3) is 2.05. The number of nitrogens with zero attached hydrogens (tertiary/aromatic N) is 2. The molecule has 0 amide bonds. The van der Waals surface area contributed by atoms with E-state index in [4.69, 9.17) is 16.0 Å². The van der Waals surface area contributed by atoms with Crippen LogP contribution in [-0.2, 0) is 0 Å². The van der Waals surface area contributed by atoms with E-state index in [1.165, 1.54) is 0 Å². The van der Waals surface area contributed by atoms with Gasteiger partial charge < -0.3 is 4.42 Å². The zero-order chi connectivity index (χ0) is 12.5. The van der Waals surface area contributed by atoms with Gasteiger partial charge in [-0.3, -0.25) is 4.98 Å². The highest BCUT2D eigenvalue weighted by Crippen LogP contribution is 2.34. The number of hydrogen-bond acceptors (Lipinski definition) is 4. The molecule has 0 aliphatic rings. The number of pyridine rings is 1. The minimum Gasteiger partial charge on any atom is -0.444 e. The number of aromatic nitrogens is 2. The SMILES string of the molecule is Cc1sc(-c2cncc(-c3ncco3)c2)cc1Cl. The maximum atomic E-state index is 6.08. The maximum absolute atomic E-state index is 6.08. The molecule has 3 aromatic heterocycles. The van der Waals surface area contributed by atoms with Gasteiger partial charge in [0, 0.05) is 27.7 Å². The standard InChI is InChI=1S/C13H9ClN2OS/c1-8-11(14)5-12(18-8)9-4-10(7-15-6-9)13-16-2-3-17-13/h2-7H,1H3. The molecule has 5 heteroatoms. The van der Waals surface area contributed by atoms with Crippen molar-refractivity contribution in [3.05, 3.63) is 46.9 Å². The average Bonchev–Trinajstić information content (AvgIpc) is 3.01. The Hall–Kier alpha value is -1.65. The van der Waals surface area contributed by atoms with Crippen LogP contribution in [0.4, 0.5) is 0 Å². The molecule has 3 aromatic rings. The fraction of sp³-hybridized carbons (Fsp3) is 0.0769. The minimum absolute atomic E-state index is 0.573. The lowest BCUT2D eigenvalue weighted by atomic mass is 10.2. The highest BCUT2D eigenvalue weighted by molar-refractivity contribution is 7.16. The summed E-state index contributed by atoms with van der Waals surface area (Å²) >= 11 is 7.73. The lowest BCUT2D eigenvalue weighted by Crippen LogP contribution is -1.82. The molecular weight excluding hydrogens is 268 g/mol. The normalized spacial score (nSPS) is 10.8. The van der Waals surface area contributed by atoms with Gasteiger partial charge in [-0.15, -0.1) is 11.3 Å². The molecule has 90 valence electrons. The smallest absolute Gasteiger partial charge is 0.227 e. The van der Waals surface area contributed by atoms with Crippen molar-refractivity contribution < 1.29 is 4.42 Å². The molecule has 3 rings (SSSR count). The lowest BCUT2D eigenvalue weighted by Gasteiger charge is -1.99.